The fraction of sp³-hybridized carbons (Fsp3) is 0.400. The van der Waals surface area contributed by atoms with Crippen LogP contribution in [0.5, 0.6) is 5.75 Å². The lowest BCUT2D eigenvalue weighted by Gasteiger charge is -2.20. The molecule has 1 atom stereocenters. The molecule has 0 bridgehead atoms. The minimum absolute atomic E-state index is 0.111. The molecule has 4 nitrogen and oxygen atoms in total. The van der Waals surface area contributed by atoms with Crippen molar-refractivity contribution in [1.29, 1.82) is 0 Å². The van der Waals surface area contributed by atoms with Crippen molar-refractivity contribution < 1.29 is 4.74 Å². The number of nitrogens with one attached hydrogen (secondary N) is 1. The predicted octanol–water partition coefficient (Wildman–Crippen LogP) is 3.12. The molecule has 1 N–H and O–H groups in total. The number of nitrogens with zero attached hydrogens (tertiary/aromatic N) is 2. The van der Waals surface area contributed by atoms with E-state index in [2.05, 4.69) is 23.4 Å². The van der Waals surface area contributed by atoms with Crippen molar-refractivity contribution in [2.75, 3.05) is 14.2 Å². The van der Waals surface area contributed by atoms with Crippen LogP contribution in [0.3, 0.4) is 0 Å². The van der Waals surface area contributed by atoms with Gasteiger partial charge in [-0.2, -0.15) is 5.10 Å². The van der Waals surface area contributed by atoms with Crippen LogP contribution in [-0.4, -0.2) is 23.9 Å². The fourth-order valence-electron chi connectivity index (χ4n) is 2.25. The second kappa shape index (κ2) is 6.29. The molecule has 2 rings (SSSR count). The first-order valence-corrected chi connectivity index (χ1v) is 6.94. The molecule has 0 saturated carbocycles. The van der Waals surface area contributed by atoms with Gasteiger partial charge in [-0.3, -0.25) is 4.68 Å². The largest absolute Gasteiger partial charge is 0.496 e. The number of hydrogen-bond donors (Lipinski definition) is 1. The molecule has 0 aliphatic rings. The Hall–Kier alpha value is -1.52. The lowest BCUT2D eigenvalue weighted by atomic mass is 10.0. The Bertz CT molecular complexity index is 595. The number of ether oxygens (including phenoxy) is 1. The highest BCUT2D eigenvalue weighted by atomic mass is 35.5. The van der Waals surface area contributed by atoms with Crippen molar-refractivity contribution in [2.45, 2.75) is 26.4 Å². The Morgan fingerprint density at radius 1 is 1.40 bits per heavy atom. The number of aryl methyl sites for hydroxylation is 1. The molecule has 20 heavy (non-hydrogen) atoms. The van der Waals surface area contributed by atoms with Crippen LogP contribution in [0.15, 0.2) is 24.4 Å². The molecule has 0 amide bonds. The zero-order chi connectivity index (χ0) is 14.7. The third-order valence-electron chi connectivity index (χ3n) is 3.51. The maximum Gasteiger partial charge on any atom is 0.123 e. The zero-order valence-corrected chi connectivity index (χ0v) is 13.0. The number of benzene rings is 1. The van der Waals surface area contributed by atoms with Crippen molar-refractivity contribution in [2.24, 2.45) is 0 Å². The van der Waals surface area contributed by atoms with Crippen molar-refractivity contribution in [3.8, 4) is 5.75 Å². The standard InChI is InChI=1S/C15H20ClN3O/c1-10-5-6-15(20-4)12(7-10)14(17-3)9-19-11(2)13(16)8-18-19/h5-8,14,17H,9H2,1-4H3. The Morgan fingerprint density at radius 2 is 2.15 bits per heavy atom. The summed E-state index contributed by atoms with van der Waals surface area (Å²) in [5, 5.41) is 8.32. The Kier molecular flexibility index (Phi) is 4.68. The number of aromatic nitrogens is 2. The molecule has 0 saturated heterocycles. The van der Waals surface area contributed by atoms with Gasteiger partial charge in [0.05, 0.1) is 36.6 Å². The molecule has 0 aliphatic carbocycles. The summed E-state index contributed by atoms with van der Waals surface area (Å²) in [6.07, 6.45) is 1.68. The summed E-state index contributed by atoms with van der Waals surface area (Å²) in [5.74, 6) is 0.880. The van der Waals surface area contributed by atoms with Gasteiger partial charge >= 0.3 is 0 Å². The van der Waals surface area contributed by atoms with Crippen LogP contribution in [0.25, 0.3) is 0 Å². The van der Waals surface area contributed by atoms with E-state index in [0.717, 1.165) is 17.0 Å². The van der Waals surface area contributed by atoms with Gasteiger partial charge in [0.25, 0.3) is 0 Å². The van der Waals surface area contributed by atoms with Gasteiger partial charge in [-0.15, -0.1) is 0 Å². The molecule has 1 unspecified atom stereocenters. The van der Waals surface area contributed by atoms with Crippen LogP contribution in [-0.2, 0) is 6.54 Å². The molecular weight excluding hydrogens is 274 g/mol. The fourth-order valence-corrected chi connectivity index (χ4v) is 2.39. The molecule has 2 aromatic rings. The van der Waals surface area contributed by atoms with E-state index >= 15 is 0 Å². The first-order valence-electron chi connectivity index (χ1n) is 6.56. The quantitative estimate of drug-likeness (QED) is 0.920. The Morgan fingerprint density at radius 3 is 2.70 bits per heavy atom. The molecule has 1 aromatic heterocycles. The summed E-state index contributed by atoms with van der Waals surface area (Å²) in [4.78, 5) is 0. The number of methoxy groups -OCH3 is 1. The van der Waals surface area contributed by atoms with Crippen molar-refractivity contribution >= 4 is 11.6 Å². The van der Waals surface area contributed by atoms with Gasteiger partial charge in [-0.1, -0.05) is 29.3 Å². The van der Waals surface area contributed by atoms with Gasteiger partial charge in [0.1, 0.15) is 5.75 Å². The summed E-state index contributed by atoms with van der Waals surface area (Å²) in [6, 6.07) is 6.29. The van der Waals surface area contributed by atoms with Crippen LogP contribution in [0.1, 0.15) is 22.9 Å². The first-order chi connectivity index (χ1) is 9.56. The lowest BCUT2D eigenvalue weighted by molar-refractivity contribution is 0.389. The van der Waals surface area contributed by atoms with E-state index in [1.54, 1.807) is 13.3 Å². The SMILES string of the molecule is CNC(Cn1ncc(Cl)c1C)c1cc(C)ccc1OC. The monoisotopic (exact) mass is 293 g/mol. The first kappa shape index (κ1) is 14.9. The summed E-state index contributed by atoms with van der Waals surface area (Å²) in [6.45, 7) is 4.75. The third kappa shape index (κ3) is 2.97. The van der Waals surface area contributed by atoms with Crippen LogP contribution in [0.4, 0.5) is 0 Å². The normalized spacial score (nSPS) is 12.4. The highest BCUT2D eigenvalue weighted by molar-refractivity contribution is 6.31. The zero-order valence-electron chi connectivity index (χ0n) is 12.3. The molecule has 1 heterocycles. The maximum absolute atomic E-state index is 6.06. The summed E-state index contributed by atoms with van der Waals surface area (Å²) in [5.41, 5.74) is 3.30. The number of likely N-dealkylation sites (N-methyl/N-ethyl adjacent to an activating group) is 1. The molecule has 0 spiro atoms. The minimum atomic E-state index is 0.111. The molecule has 5 heteroatoms. The van der Waals surface area contributed by atoms with E-state index in [1.807, 2.05) is 30.8 Å². The minimum Gasteiger partial charge on any atom is -0.496 e. The van der Waals surface area contributed by atoms with Gasteiger partial charge in [0.15, 0.2) is 0 Å². The number of halogens is 1. The van der Waals surface area contributed by atoms with Gasteiger partial charge in [-0.25, -0.2) is 0 Å². The average Bonchev–Trinajstić information content (AvgIpc) is 2.76. The van der Waals surface area contributed by atoms with E-state index in [9.17, 15) is 0 Å². The van der Waals surface area contributed by atoms with Gasteiger partial charge in [0.2, 0.25) is 0 Å². The van der Waals surface area contributed by atoms with E-state index in [4.69, 9.17) is 16.3 Å². The second-order valence-electron chi connectivity index (χ2n) is 4.85. The Balaban J connectivity index is 2.33. The highest BCUT2D eigenvalue weighted by Crippen LogP contribution is 2.28. The summed E-state index contributed by atoms with van der Waals surface area (Å²) >= 11 is 6.06. The summed E-state index contributed by atoms with van der Waals surface area (Å²) < 4.78 is 7.37. The van der Waals surface area contributed by atoms with E-state index < -0.39 is 0 Å². The Labute approximate surface area is 124 Å². The molecule has 0 fully saturated rings. The summed E-state index contributed by atoms with van der Waals surface area (Å²) in [7, 11) is 3.63. The maximum atomic E-state index is 6.06. The molecule has 108 valence electrons. The topological polar surface area (TPSA) is 39.1 Å². The van der Waals surface area contributed by atoms with Crippen LogP contribution in [0, 0.1) is 13.8 Å². The molecular formula is C15H20ClN3O. The predicted molar refractivity (Wildman–Crippen MR) is 81.5 cm³/mol. The molecule has 0 aliphatic heterocycles. The van der Waals surface area contributed by atoms with Crippen LogP contribution < -0.4 is 10.1 Å². The van der Waals surface area contributed by atoms with Gasteiger partial charge in [0, 0.05) is 5.56 Å². The molecule has 1 aromatic carbocycles. The van der Waals surface area contributed by atoms with Crippen LogP contribution >= 0.6 is 11.6 Å². The average molecular weight is 294 g/mol. The number of hydrogen-bond acceptors (Lipinski definition) is 3. The van der Waals surface area contributed by atoms with Crippen LogP contribution in [0.2, 0.25) is 5.02 Å². The van der Waals surface area contributed by atoms with E-state index in [-0.39, 0.29) is 6.04 Å². The van der Waals surface area contributed by atoms with Gasteiger partial charge in [-0.05, 0) is 27.0 Å². The van der Waals surface area contributed by atoms with Gasteiger partial charge < -0.3 is 10.1 Å². The van der Waals surface area contributed by atoms with Crippen molar-refractivity contribution in [3.63, 3.8) is 0 Å². The smallest absolute Gasteiger partial charge is 0.123 e. The second-order valence-corrected chi connectivity index (χ2v) is 5.25. The third-order valence-corrected chi connectivity index (χ3v) is 3.88. The van der Waals surface area contributed by atoms with E-state index in [0.29, 0.717) is 11.6 Å². The molecule has 0 radical (unpaired) electrons. The lowest BCUT2D eigenvalue weighted by Crippen LogP contribution is -2.23. The van der Waals surface area contributed by atoms with Crippen molar-refractivity contribution in [3.05, 3.63) is 46.2 Å². The number of rotatable bonds is 5. The van der Waals surface area contributed by atoms with E-state index in [1.165, 1.54) is 5.56 Å². The highest BCUT2D eigenvalue weighted by Gasteiger charge is 2.17. The van der Waals surface area contributed by atoms with Crippen molar-refractivity contribution in [1.82, 2.24) is 15.1 Å².